The van der Waals surface area contributed by atoms with Gasteiger partial charge in [-0.05, 0) is 0 Å². The summed E-state index contributed by atoms with van der Waals surface area (Å²) in [4.78, 5) is 46.4. The van der Waals surface area contributed by atoms with Gasteiger partial charge in [-0.1, -0.05) is 10.0 Å². The molecule has 0 atom stereocenters. The second-order valence-corrected chi connectivity index (χ2v) is 4.17. The number of hydrogen-bond donors (Lipinski definition) is 0. The van der Waals surface area contributed by atoms with E-state index in [2.05, 4.69) is 0 Å². The molecule has 112 valence electrons. The summed E-state index contributed by atoms with van der Waals surface area (Å²) in [5, 5.41) is 21.5. The van der Waals surface area contributed by atoms with Crippen LogP contribution in [0.1, 0.15) is 13.8 Å². The van der Waals surface area contributed by atoms with E-state index >= 15 is 0 Å². The van der Waals surface area contributed by atoms with Crippen LogP contribution >= 0.6 is 0 Å². The van der Waals surface area contributed by atoms with Gasteiger partial charge in [0.2, 0.25) is 11.8 Å². The molecule has 0 saturated carbocycles. The molecule has 12 nitrogen and oxygen atoms in total. The number of rotatable bonds is 2. The maximum Gasteiger partial charge on any atom is 0.222 e. The van der Waals surface area contributed by atoms with E-state index in [0.717, 1.165) is 23.6 Å². The Morgan fingerprint density at radius 2 is 1.05 bits per heavy atom. The van der Waals surface area contributed by atoms with E-state index in [4.69, 9.17) is 0 Å². The number of carbonyl (C=O) groups is 2. The monoisotopic (exact) mass is 290 g/mol. The minimum Gasteiger partial charge on any atom is -0.296 e. The molecule has 1 fully saturated rings. The van der Waals surface area contributed by atoms with E-state index in [1.807, 2.05) is 0 Å². The van der Waals surface area contributed by atoms with Gasteiger partial charge in [0.25, 0.3) is 0 Å². The predicted molar refractivity (Wildman–Crippen MR) is 62.2 cm³/mol. The molecule has 0 radical (unpaired) electrons. The lowest BCUT2D eigenvalue weighted by molar-refractivity contribution is -0.683. The van der Waals surface area contributed by atoms with Crippen LogP contribution in [0.25, 0.3) is 0 Å². The highest BCUT2D eigenvalue weighted by Gasteiger charge is 2.33. The van der Waals surface area contributed by atoms with Gasteiger partial charge < -0.3 is 0 Å². The van der Waals surface area contributed by atoms with Gasteiger partial charge in [0, 0.05) is 13.8 Å². The van der Waals surface area contributed by atoms with Crippen molar-refractivity contribution in [3.63, 3.8) is 0 Å². The van der Waals surface area contributed by atoms with Crippen molar-refractivity contribution >= 4 is 11.8 Å². The van der Waals surface area contributed by atoms with Gasteiger partial charge in [0.05, 0.1) is 0 Å². The maximum atomic E-state index is 11.4. The number of nitrogens with zero attached hydrogens (tertiary/aromatic N) is 6. The van der Waals surface area contributed by atoms with Crippen LogP contribution in [0.3, 0.4) is 0 Å². The summed E-state index contributed by atoms with van der Waals surface area (Å²) in [7, 11) is 0. The van der Waals surface area contributed by atoms with E-state index in [1.165, 1.54) is 0 Å². The van der Waals surface area contributed by atoms with Gasteiger partial charge in [-0.25, -0.2) is 20.2 Å². The largest absolute Gasteiger partial charge is 0.296 e. The van der Waals surface area contributed by atoms with Crippen molar-refractivity contribution in [2.45, 2.75) is 13.8 Å². The van der Waals surface area contributed by atoms with E-state index in [0.29, 0.717) is 10.0 Å². The molecule has 1 heterocycles. The van der Waals surface area contributed by atoms with Gasteiger partial charge in [-0.15, -0.1) is 0 Å². The molecule has 0 aromatic rings. The molecule has 1 aliphatic heterocycles. The van der Waals surface area contributed by atoms with Crippen molar-refractivity contribution in [2.75, 3.05) is 26.7 Å². The first-order valence-electron chi connectivity index (χ1n) is 5.52. The molecule has 1 rings (SSSR count). The van der Waals surface area contributed by atoms with Crippen LogP contribution in [0, 0.1) is 20.2 Å². The van der Waals surface area contributed by atoms with Crippen molar-refractivity contribution in [3.8, 4) is 0 Å². The molecule has 2 amide bonds. The summed E-state index contributed by atoms with van der Waals surface area (Å²) in [5.41, 5.74) is 0. The first-order chi connectivity index (χ1) is 9.22. The molecule has 0 N–H and O–H groups in total. The Hall–Kier alpha value is -2.66. The molecular weight excluding hydrogens is 276 g/mol. The van der Waals surface area contributed by atoms with Crippen LogP contribution in [0.4, 0.5) is 0 Å². The molecule has 0 unspecified atom stereocenters. The highest BCUT2D eigenvalue weighted by Crippen LogP contribution is 2.07. The van der Waals surface area contributed by atoms with Crippen LogP contribution in [0.2, 0.25) is 0 Å². The Labute approximate surface area is 113 Å². The number of hydrogen-bond acceptors (Lipinski definition) is 6. The number of hydrazine groups is 2. The molecule has 0 aromatic heterocycles. The van der Waals surface area contributed by atoms with Crippen LogP contribution < -0.4 is 0 Å². The lowest BCUT2D eigenvalue weighted by Crippen LogP contribution is -2.58. The summed E-state index contributed by atoms with van der Waals surface area (Å²) in [6, 6.07) is 0. The first-order valence-corrected chi connectivity index (χ1v) is 5.52. The Kier molecular flexibility index (Phi) is 4.61. The summed E-state index contributed by atoms with van der Waals surface area (Å²) in [6.07, 6.45) is 0. The average Bonchev–Trinajstić information content (AvgIpc) is 2.26. The molecule has 1 aliphatic rings. The third-order valence-electron chi connectivity index (χ3n) is 2.69. The lowest BCUT2D eigenvalue weighted by atomic mass is 10.5. The van der Waals surface area contributed by atoms with Gasteiger partial charge in [0.15, 0.2) is 36.7 Å². The van der Waals surface area contributed by atoms with Crippen LogP contribution in [0.5, 0.6) is 0 Å². The zero-order valence-electron chi connectivity index (χ0n) is 11.0. The van der Waals surface area contributed by atoms with E-state index in [9.17, 15) is 29.8 Å². The fraction of sp³-hybridized carbons (Fsp3) is 0.750. The van der Waals surface area contributed by atoms with Crippen LogP contribution in [-0.2, 0) is 9.59 Å². The second kappa shape index (κ2) is 5.99. The second-order valence-electron chi connectivity index (χ2n) is 4.17. The molecule has 20 heavy (non-hydrogen) atoms. The SMILES string of the molecule is CC(=O)N1CN([N+](=O)[O-])CN(C(C)=O)CN([N+](=O)[O-])C1. The minimum absolute atomic E-state index is 0.448. The number of amides is 2. The van der Waals surface area contributed by atoms with Crippen molar-refractivity contribution in [3.05, 3.63) is 20.2 Å². The summed E-state index contributed by atoms with van der Waals surface area (Å²) < 4.78 is 0. The highest BCUT2D eigenvalue weighted by atomic mass is 16.7. The topological polar surface area (TPSA) is 133 Å². The summed E-state index contributed by atoms with van der Waals surface area (Å²) >= 11 is 0. The fourth-order valence-corrected chi connectivity index (χ4v) is 1.57. The van der Waals surface area contributed by atoms with Crippen LogP contribution in [-0.4, -0.2) is 68.4 Å². The first kappa shape index (κ1) is 15.4. The fourth-order valence-electron chi connectivity index (χ4n) is 1.57. The Morgan fingerprint density at radius 1 is 0.800 bits per heavy atom. The summed E-state index contributed by atoms with van der Waals surface area (Å²) in [6.45, 7) is 0.515. The lowest BCUT2D eigenvalue weighted by Gasteiger charge is -2.34. The average molecular weight is 290 g/mol. The van der Waals surface area contributed by atoms with Gasteiger partial charge in [-0.2, -0.15) is 0 Å². The third kappa shape index (κ3) is 3.66. The molecule has 12 heteroatoms. The molecule has 0 aliphatic carbocycles. The Morgan fingerprint density at radius 3 is 1.20 bits per heavy atom. The standard InChI is InChI=1S/C8H14N6O6/c1-7(15)9-3-11(13(17)18)5-10(8(2)16)6-12(4-9)14(19)20/h3-6H2,1-2H3. The summed E-state index contributed by atoms with van der Waals surface area (Å²) in [5.74, 6) is -1.08. The quantitative estimate of drug-likeness (QED) is 0.443. The Balaban J connectivity index is 3.02. The molecule has 0 bridgehead atoms. The Bertz CT molecular complexity index is 353. The smallest absolute Gasteiger partial charge is 0.222 e. The van der Waals surface area contributed by atoms with E-state index in [-0.39, 0.29) is 0 Å². The maximum absolute atomic E-state index is 11.4. The van der Waals surface area contributed by atoms with Crippen molar-refractivity contribution in [1.29, 1.82) is 0 Å². The van der Waals surface area contributed by atoms with E-state index < -0.39 is 48.6 Å². The zero-order valence-corrected chi connectivity index (χ0v) is 11.0. The normalized spacial score (nSPS) is 16.5. The van der Waals surface area contributed by atoms with Gasteiger partial charge >= 0.3 is 0 Å². The molecule has 0 aromatic carbocycles. The van der Waals surface area contributed by atoms with E-state index in [1.54, 1.807) is 0 Å². The van der Waals surface area contributed by atoms with Gasteiger partial charge in [-0.3, -0.25) is 19.4 Å². The van der Waals surface area contributed by atoms with Crippen LogP contribution in [0.15, 0.2) is 0 Å². The van der Waals surface area contributed by atoms with Crippen molar-refractivity contribution in [2.24, 2.45) is 0 Å². The van der Waals surface area contributed by atoms with Gasteiger partial charge in [0.1, 0.15) is 0 Å². The zero-order chi connectivity index (χ0) is 15.4. The molecule has 0 spiro atoms. The molecule has 1 saturated heterocycles. The van der Waals surface area contributed by atoms with Crippen molar-refractivity contribution < 1.29 is 19.7 Å². The van der Waals surface area contributed by atoms with Crippen molar-refractivity contribution in [1.82, 2.24) is 19.8 Å². The third-order valence-corrected chi connectivity index (χ3v) is 2.69. The predicted octanol–water partition coefficient (Wildman–Crippen LogP) is -1.49. The number of nitro groups is 2. The number of carbonyl (C=O) groups excluding carboxylic acids is 2. The highest BCUT2D eigenvalue weighted by molar-refractivity contribution is 5.73. The molecular formula is C8H14N6O6. The minimum atomic E-state index is -0.756.